The molecule has 0 aliphatic carbocycles. The van der Waals surface area contributed by atoms with Crippen LogP contribution in [-0.4, -0.2) is 35.7 Å². The first kappa shape index (κ1) is 16.2. The maximum absolute atomic E-state index is 10.3. The summed E-state index contributed by atoms with van der Waals surface area (Å²) in [6.07, 6.45) is 0.754. The Balaban J connectivity index is 1.42. The third-order valence-electron chi connectivity index (χ3n) is 4.47. The van der Waals surface area contributed by atoms with Crippen LogP contribution in [0.15, 0.2) is 48.5 Å². The highest BCUT2D eigenvalue weighted by atomic mass is 16.3. The molecule has 2 N–H and O–H groups in total. The Kier molecular flexibility index (Phi) is 5.44. The van der Waals surface area contributed by atoms with Crippen molar-refractivity contribution in [2.24, 2.45) is 0 Å². The van der Waals surface area contributed by atoms with E-state index in [1.54, 1.807) is 0 Å². The lowest BCUT2D eigenvalue weighted by Gasteiger charge is -2.30. The molecule has 0 spiro atoms. The summed E-state index contributed by atoms with van der Waals surface area (Å²) in [6.45, 7) is 6.26. The lowest BCUT2D eigenvalue weighted by molar-refractivity contribution is 0.104. The van der Waals surface area contributed by atoms with Gasteiger partial charge in [0.2, 0.25) is 0 Å². The first-order valence-corrected chi connectivity index (χ1v) is 8.44. The lowest BCUT2D eigenvalue weighted by Crippen LogP contribution is -2.40. The summed E-state index contributed by atoms with van der Waals surface area (Å²) in [5.41, 5.74) is 5.40. The topological polar surface area (TPSA) is 35.5 Å². The van der Waals surface area contributed by atoms with Crippen molar-refractivity contribution in [3.8, 4) is 0 Å². The van der Waals surface area contributed by atoms with Gasteiger partial charge in [-0.3, -0.25) is 4.90 Å². The van der Waals surface area contributed by atoms with E-state index in [1.165, 1.54) is 22.3 Å². The highest BCUT2D eigenvalue weighted by Crippen LogP contribution is 2.18. The van der Waals surface area contributed by atoms with Gasteiger partial charge in [0.15, 0.2) is 0 Å². The largest absolute Gasteiger partial charge is 0.390 e. The molecule has 1 heterocycles. The molecule has 23 heavy (non-hydrogen) atoms. The number of hydrogen-bond donors (Lipinski definition) is 2. The van der Waals surface area contributed by atoms with Gasteiger partial charge in [-0.25, -0.2) is 0 Å². The number of aliphatic hydroxyl groups is 1. The van der Waals surface area contributed by atoms with Gasteiger partial charge >= 0.3 is 0 Å². The minimum absolute atomic E-state index is 0.329. The van der Waals surface area contributed by atoms with E-state index in [1.807, 2.05) is 0 Å². The summed E-state index contributed by atoms with van der Waals surface area (Å²) in [4.78, 5) is 2.35. The van der Waals surface area contributed by atoms with Gasteiger partial charge in [-0.1, -0.05) is 54.1 Å². The Bertz CT molecular complexity index is 641. The van der Waals surface area contributed by atoms with E-state index in [4.69, 9.17) is 0 Å². The monoisotopic (exact) mass is 310 g/mol. The van der Waals surface area contributed by atoms with E-state index >= 15 is 0 Å². The number of β-amino-alcohol motifs (C(OH)–C–C–N with tert-alkyl or cyclic N) is 1. The number of nitrogens with one attached hydrogen (secondary N) is 1. The van der Waals surface area contributed by atoms with Crippen LogP contribution in [0.2, 0.25) is 0 Å². The number of aliphatic hydroxyl groups excluding tert-OH is 1. The second-order valence-electron chi connectivity index (χ2n) is 6.53. The Morgan fingerprint density at radius 1 is 1.13 bits per heavy atom. The van der Waals surface area contributed by atoms with E-state index in [0.717, 1.165) is 32.6 Å². The van der Waals surface area contributed by atoms with Crippen LogP contribution in [0.5, 0.6) is 0 Å². The Morgan fingerprint density at radius 3 is 2.78 bits per heavy atom. The molecule has 122 valence electrons. The molecule has 0 amide bonds. The van der Waals surface area contributed by atoms with E-state index in [-0.39, 0.29) is 6.10 Å². The minimum Gasteiger partial charge on any atom is -0.390 e. The maximum Gasteiger partial charge on any atom is 0.0791 e. The molecule has 1 unspecified atom stereocenters. The van der Waals surface area contributed by atoms with Crippen molar-refractivity contribution >= 4 is 0 Å². The van der Waals surface area contributed by atoms with Crippen molar-refractivity contribution in [2.75, 3.05) is 19.6 Å². The molecule has 0 saturated carbocycles. The van der Waals surface area contributed by atoms with Crippen molar-refractivity contribution < 1.29 is 5.11 Å². The summed E-state index contributed by atoms with van der Waals surface area (Å²) in [5.74, 6) is 0. The number of benzene rings is 2. The Labute approximate surface area is 139 Å². The average Bonchev–Trinajstić information content (AvgIpc) is 2.55. The standard InChI is InChI=1S/C20H26N2O/c1-16-5-4-6-17(11-16)12-21-13-20(23)15-22-10-9-18-7-2-3-8-19(18)14-22/h2-8,11,20-21,23H,9-10,12-15H2,1H3. The van der Waals surface area contributed by atoms with E-state index < -0.39 is 0 Å². The van der Waals surface area contributed by atoms with E-state index in [9.17, 15) is 5.11 Å². The van der Waals surface area contributed by atoms with Gasteiger partial charge < -0.3 is 10.4 Å². The van der Waals surface area contributed by atoms with Crippen LogP contribution < -0.4 is 5.32 Å². The molecule has 0 saturated heterocycles. The zero-order chi connectivity index (χ0) is 16.1. The minimum atomic E-state index is -0.329. The van der Waals surface area contributed by atoms with Crippen LogP contribution in [0.25, 0.3) is 0 Å². The molecule has 3 heteroatoms. The van der Waals surface area contributed by atoms with Gasteiger partial charge in [0.05, 0.1) is 6.10 Å². The fraction of sp³-hybridized carbons (Fsp3) is 0.400. The number of fused-ring (bicyclic) bond motifs is 1. The lowest BCUT2D eigenvalue weighted by atomic mass is 10.00. The van der Waals surface area contributed by atoms with Gasteiger partial charge in [-0.2, -0.15) is 0 Å². The predicted molar refractivity (Wildman–Crippen MR) is 94.3 cm³/mol. The fourth-order valence-electron chi connectivity index (χ4n) is 3.28. The van der Waals surface area contributed by atoms with Gasteiger partial charge in [-0.15, -0.1) is 0 Å². The molecular formula is C20H26N2O. The molecule has 3 rings (SSSR count). The predicted octanol–water partition coefficient (Wildman–Crippen LogP) is 2.50. The van der Waals surface area contributed by atoms with Crippen LogP contribution in [0, 0.1) is 6.92 Å². The molecule has 1 aliphatic heterocycles. The van der Waals surface area contributed by atoms with Crippen molar-refractivity contribution in [1.29, 1.82) is 0 Å². The second kappa shape index (κ2) is 7.73. The zero-order valence-corrected chi connectivity index (χ0v) is 13.8. The highest BCUT2D eigenvalue weighted by Gasteiger charge is 2.18. The van der Waals surface area contributed by atoms with Gasteiger partial charge in [-0.05, 0) is 30.0 Å². The molecule has 0 fully saturated rings. The second-order valence-corrected chi connectivity index (χ2v) is 6.53. The first-order valence-electron chi connectivity index (χ1n) is 8.44. The number of aryl methyl sites for hydroxylation is 1. The summed E-state index contributed by atoms with van der Waals surface area (Å²) in [6, 6.07) is 17.1. The summed E-state index contributed by atoms with van der Waals surface area (Å²) >= 11 is 0. The normalized spacial score (nSPS) is 16.1. The third-order valence-corrected chi connectivity index (χ3v) is 4.47. The first-order chi connectivity index (χ1) is 11.2. The molecule has 1 aliphatic rings. The van der Waals surface area contributed by atoms with Gasteiger partial charge in [0, 0.05) is 32.7 Å². The molecule has 2 aromatic rings. The third kappa shape index (κ3) is 4.64. The van der Waals surface area contributed by atoms with Gasteiger partial charge in [0.1, 0.15) is 0 Å². The average molecular weight is 310 g/mol. The zero-order valence-electron chi connectivity index (χ0n) is 13.8. The number of hydrogen-bond acceptors (Lipinski definition) is 3. The van der Waals surface area contributed by atoms with Crippen molar-refractivity contribution in [1.82, 2.24) is 10.2 Å². The Hall–Kier alpha value is -1.68. The number of rotatable bonds is 6. The summed E-state index contributed by atoms with van der Waals surface area (Å²) in [5, 5.41) is 13.6. The van der Waals surface area contributed by atoms with Crippen molar-refractivity contribution in [2.45, 2.75) is 32.5 Å². The summed E-state index contributed by atoms with van der Waals surface area (Å²) in [7, 11) is 0. The quantitative estimate of drug-likeness (QED) is 0.860. The van der Waals surface area contributed by atoms with Crippen LogP contribution >= 0.6 is 0 Å². The fourth-order valence-corrected chi connectivity index (χ4v) is 3.28. The number of nitrogens with zero attached hydrogens (tertiary/aromatic N) is 1. The molecule has 0 radical (unpaired) electrons. The summed E-state index contributed by atoms with van der Waals surface area (Å²) < 4.78 is 0. The van der Waals surface area contributed by atoms with Crippen LogP contribution in [0.4, 0.5) is 0 Å². The van der Waals surface area contributed by atoms with Gasteiger partial charge in [0.25, 0.3) is 0 Å². The Morgan fingerprint density at radius 2 is 1.96 bits per heavy atom. The maximum atomic E-state index is 10.3. The SMILES string of the molecule is Cc1cccc(CNCC(O)CN2CCc3ccccc3C2)c1. The molecule has 0 aromatic heterocycles. The van der Waals surface area contributed by atoms with Crippen molar-refractivity contribution in [3.63, 3.8) is 0 Å². The van der Waals surface area contributed by atoms with Crippen LogP contribution in [0.1, 0.15) is 22.3 Å². The smallest absolute Gasteiger partial charge is 0.0791 e. The molecule has 2 aromatic carbocycles. The molecule has 3 nitrogen and oxygen atoms in total. The molecule has 0 bridgehead atoms. The highest BCUT2D eigenvalue weighted by molar-refractivity contribution is 5.29. The molecule has 1 atom stereocenters. The van der Waals surface area contributed by atoms with E-state index in [2.05, 4.69) is 65.7 Å². The van der Waals surface area contributed by atoms with E-state index in [0.29, 0.717) is 6.54 Å². The van der Waals surface area contributed by atoms with Crippen molar-refractivity contribution in [3.05, 3.63) is 70.8 Å². The van der Waals surface area contributed by atoms with Crippen LogP contribution in [-0.2, 0) is 19.5 Å². The molecular weight excluding hydrogens is 284 g/mol. The van der Waals surface area contributed by atoms with Crippen LogP contribution in [0.3, 0.4) is 0 Å².